The lowest BCUT2D eigenvalue weighted by Crippen LogP contribution is -2.48. The summed E-state index contributed by atoms with van der Waals surface area (Å²) in [5, 5.41) is 13.9. The number of urea groups is 1. The Hall–Kier alpha value is -1.56. The molecule has 1 aromatic rings. The van der Waals surface area contributed by atoms with Gasteiger partial charge < -0.3 is 15.3 Å². The van der Waals surface area contributed by atoms with E-state index in [1.165, 1.54) is 10.4 Å². The first kappa shape index (κ1) is 15.8. The summed E-state index contributed by atoms with van der Waals surface area (Å²) >= 11 is 1.74. The second kappa shape index (κ2) is 6.93. The van der Waals surface area contributed by atoms with Crippen molar-refractivity contribution in [2.24, 2.45) is 0 Å². The molecule has 5 nitrogen and oxygen atoms in total. The van der Waals surface area contributed by atoms with Gasteiger partial charge in [-0.1, -0.05) is 13.3 Å². The Balaban J connectivity index is 2.01. The average Bonchev–Trinajstić information content (AvgIpc) is 2.87. The average molecular weight is 310 g/mol. The molecule has 2 heterocycles. The number of carboxylic acid groups (broad SMARTS) is 1. The summed E-state index contributed by atoms with van der Waals surface area (Å²) < 4.78 is 0. The standard InChI is InChI=1S/C15H22N2O3S/c1-3-4-11(9-14(18)19)16-15(20)17-7-5-13-12(10(17)2)6-8-21-13/h6,8,10-11H,3-5,7,9H2,1-2H3,(H,16,20)(H,18,19). The van der Waals surface area contributed by atoms with Gasteiger partial charge >= 0.3 is 12.0 Å². The molecule has 6 heteroatoms. The summed E-state index contributed by atoms with van der Waals surface area (Å²) in [5.74, 6) is -0.874. The smallest absolute Gasteiger partial charge is 0.318 e. The summed E-state index contributed by atoms with van der Waals surface area (Å²) in [7, 11) is 0. The van der Waals surface area contributed by atoms with Gasteiger partial charge in [0, 0.05) is 17.5 Å². The fraction of sp³-hybridized carbons (Fsp3) is 0.600. The molecule has 116 valence electrons. The number of nitrogens with one attached hydrogen (secondary N) is 1. The van der Waals surface area contributed by atoms with Crippen LogP contribution >= 0.6 is 11.3 Å². The number of fused-ring (bicyclic) bond motifs is 1. The van der Waals surface area contributed by atoms with Crippen LogP contribution in [-0.2, 0) is 11.2 Å². The van der Waals surface area contributed by atoms with E-state index in [4.69, 9.17) is 5.11 Å². The first-order valence-electron chi connectivity index (χ1n) is 7.38. The topological polar surface area (TPSA) is 69.6 Å². The van der Waals surface area contributed by atoms with Gasteiger partial charge in [0.05, 0.1) is 12.5 Å². The summed E-state index contributed by atoms with van der Waals surface area (Å²) in [6, 6.07) is 1.67. The third-order valence-electron chi connectivity index (χ3n) is 3.92. The number of hydrogen-bond acceptors (Lipinski definition) is 3. The number of amides is 2. The minimum atomic E-state index is -0.874. The van der Waals surface area contributed by atoms with Crippen molar-refractivity contribution in [2.75, 3.05) is 6.54 Å². The van der Waals surface area contributed by atoms with E-state index < -0.39 is 5.97 Å². The van der Waals surface area contributed by atoms with E-state index in [2.05, 4.69) is 16.8 Å². The molecule has 0 spiro atoms. The molecule has 0 radical (unpaired) electrons. The number of thiophene rings is 1. The van der Waals surface area contributed by atoms with Crippen LogP contribution in [0.1, 0.15) is 49.6 Å². The van der Waals surface area contributed by atoms with Crippen LogP contribution in [0.4, 0.5) is 4.79 Å². The molecule has 21 heavy (non-hydrogen) atoms. The molecule has 0 aromatic carbocycles. The van der Waals surface area contributed by atoms with E-state index in [1.807, 2.05) is 13.8 Å². The van der Waals surface area contributed by atoms with E-state index in [0.29, 0.717) is 13.0 Å². The highest BCUT2D eigenvalue weighted by atomic mass is 32.1. The zero-order valence-electron chi connectivity index (χ0n) is 12.5. The van der Waals surface area contributed by atoms with Crippen LogP contribution in [0.5, 0.6) is 0 Å². The summed E-state index contributed by atoms with van der Waals surface area (Å²) in [6.07, 6.45) is 2.39. The number of hydrogen-bond donors (Lipinski definition) is 2. The number of carbonyl (C=O) groups is 2. The van der Waals surface area contributed by atoms with Crippen LogP contribution in [0, 0.1) is 0 Å². The van der Waals surface area contributed by atoms with Gasteiger partial charge in [0.1, 0.15) is 0 Å². The SMILES string of the molecule is CCCC(CC(=O)O)NC(=O)N1CCc2sccc2C1C. The van der Waals surface area contributed by atoms with E-state index in [-0.39, 0.29) is 24.5 Å². The Bertz CT molecular complexity index is 515. The molecular formula is C15H22N2O3S. The van der Waals surface area contributed by atoms with E-state index >= 15 is 0 Å². The molecule has 2 N–H and O–H groups in total. The van der Waals surface area contributed by atoms with Gasteiger partial charge in [-0.3, -0.25) is 4.79 Å². The maximum Gasteiger partial charge on any atom is 0.318 e. The third kappa shape index (κ3) is 3.75. The molecule has 1 aromatic heterocycles. The van der Waals surface area contributed by atoms with Crippen molar-refractivity contribution in [1.82, 2.24) is 10.2 Å². The van der Waals surface area contributed by atoms with Gasteiger partial charge in [-0.15, -0.1) is 11.3 Å². The molecule has 0 aliphatic carbocycles. The Kier molecular flexibility index (Phi) is 5.22. The van der Waals surface area contributed by atoms with Gasteiger partial charge in [-0.25, -0.2) is 4.79 Å². The Morgan fingerprint density at radius 2 is 2.33 bits per heavy atom. The zero-order chi connectivity index (χ0) is 15.4. The molecular weight excluding hydrogens is 288 g/mol. The molecule has 2 amide bonds. The molecule has 0 bridgehead atoms. The van der Waals surface area contributed by atoms with Crippen molar-refractivity contribution in [1.29, 1.82) is 0 Å². The number of nitrogens with zero attached hydrogens (tertiary/aromatic N) is 1. The largest absolute Gasteiger partial charge is 0.481 e. The highest BCUT2D eigenvalue weighted by molar-refractivity contribution is 7.10. The first-order valence-corrected chi connectivity index (χ1v) is 8.26. The lowest BCUT2D eigenvalue weighted by Gasteiger charge is -2.34. The van der Waals surface area contributed by atoms with Gasteiger partial charge in [-0.05, 0) is 36.8 Å². The number of carboxylic acids is 1. The second-order valence-corrected chi connectivity index (χ2v) is 6.45. The Labute approximate surface area is 129 Å². The summed E-state index contributed by atoms with van der Waals surface area (Å²) in [5.41, 5.74) is 1.21. The van der Waals surface area contributed by atoms with Crippen molar-refractivity contribution in [2.45, 2.75) is 51.6 Å². The van der Waals surface area contributed by atoms with Crippen LogP contribution in [0.3, 0.4) is 0 Å². The van der Waals surface area contributed by atoms with Crippen LogP contribution < -0.4 is 5.32 Å². The quantitative estimate of drug-likeness (QED) is 0.878. The van der Waals surface area contributed by atoms with Crippen molar-refractivity contribution in [3.8, 4) is 0 Å². The molecule has 0 fully saturated rings. The second-order valence-electron chi connectivity index (χ2n) is 5.45. The number of rotatable bonds is 5. The summed E-state index contributed by atoms with van der Waals surface area (Å²) in [4.78, 5) is 26.5. The maximum atomic E-state index is 12.4. The van der Waals surface area contributed by atoms with Crippen LogP contribution in [0.2, 0.25) is 0 Å². The van der Waals surface area contributed by atoms with Crippen molar-refractivity contribution < 1.29 is 14.7 Å². The van der Waals surface area contributed by atoms with Gasteiger partial charge in [0.2, 0.25) is 0 Å². The van der Waals surface area contributed by atoms with Crippen molar-refractivity contribution in [3.63, 3.8) is 0 Å². The van der Waals surface area contributed by atoms with Crippen molar-refractivity contribution >= 4 is 23.3 Å². The van der Waals surface area contributed by atoms with Crippen molar-refractivity contribution in [3.05, 3.63) is 21.9 Å². The van der Waals surface area contributed by atoms with Crippen LogP contribution in [-0.4, -0.2) is 34.6 Å². The zero-order valence-corrected chi connectivity index (χ0v) is 13.3. The Morgan fingerprint density at radius 1 is 1.57 bits per heavy atom. The predicted octanol–water partition coefficient (Wildman–Crippen LogP) is 3.02. The van der Waals surface area contributed by atoms with E-state index in [9.17, 15) is 9.59 Å². The molecule has 1 aliphatic heterocycles. The fourth-order valence-electron chi connectivity index (χ4n) is 2.83. The van der Waals surface area contributed by atoms with Crippen LogP contribution in [0.15, 0.2) is 11.4 Å². The minimum absolute atomic E-state index is 0.0223. The minimum Gasteiger partial charge on any atom is -0.481 e. The monoisotopic (exact) mass is 310 g/mol. The molecule has 2 rings (SSSR count). The molecule has 2 atom stereocenters. The Morgan fingerprint density at radius 3 is 3.00 bits per heavy atom. The lowest BCUT2D eigenvalue weighted by atomic mass is 10.0. The van der Waals surface area contributed by atoms with Gasteiger partial charge in [0.15, 0.2) is 0 Å². The number of carbonyl (C=O) groups excluding carboxylic acids is 1. The first-order chi connectivity index (χ1) is 10.0. The molecule has 2 unspecified atom stereocenters. The third-order valence-corrected chi connectivity index (χ3v) is 4.92. The summed E-state index contributed by atoms with van der Waals surface area (Å²) in [6.45, 7) is 4.70. The fourth-order valence-corrected chi connectivity index (χ4v) is 3.79. The predicted molar refractivity (Wildman–Crippen MR) is 82.6 cm³/mol. The highest BCUT2D eigenvalue weighted by Crippen LogP contribution is 2.32. The molecule has 0 saturated heterocycles. The highest BCUT2D eigenvalue weighted by Gasteiger charge is 2.29. The van der Waals surface area contributed by atoms with Gasteiger partial charge in [-0.2, -0.15) is 0 Å². The van der Waals surface area contributed by atoms with E-state index in [1.54, 1.807) is 16.2 Å². The van der Waals surface area contributed by atoms with Gasteiger partial charge in [0.25, 0.3) is 0 Å². The molecule has 0 saturated carbocycles. The lowest BCUT2D eigenvalue weighted by molar-refractivity contribution is -0.137. The maximum absolute atomic E-state index is 12.4. The molecule has 1 aliphatic rings. The van der Waals surface area contributed by atoms with E-state index in [0.717, 1.165) is 12.8 Å². The normalized spacial score (nSPS) is 19.0. The number of aliphatic carboxylic acids is 1. The van der Waals surface area contributed by atoms with Crippen LogP contribution in [0.25, 0.3) is 0 Å².